The number of carbonyl (C=O) groups excluding carboxylic acids is 2. The third-order valence-electron chi connectivity index (χ3n) is 3.06. The number of aromatic nitrogens is 2. The van der Waals surface area contributed by atoms with E-state index < -0.39 is 0 Å². The second-order valence-electron chi connectivity index (χ2n) is 5.31. The van der Waals surface area contributed by atoms with Crippen LogP contribution in [0.4, 0.5) is 0 Å². The van der Waals surface area contributed by atoms with Crippen molar-refractivity contribution in [3.8, 4) is 0 Å². The fraction of sp³-hybridized carbons (Fsp3) is 0.400. The monoisotopic (exact) mass is 288 g/mol. The highest BCUT2D eigenvalue weighted by atomic mass is 16.2. The lowest BCUT2D eigenvalue weighted by Gasteiger charge is -2.07. The molecule has 0 spiro atoms. The van der Waals surface area contributed by atoms with Gasteiger partial charge in [-0.15, -0.1) is 0 Å². The van der Waals surface area contributed by atoms with E-state index in [9.17, 15) is 9.59 Å². The number of fused-ring (bicyclic) bond motifs is 1. The second-order valence-corrected chi connectivity index (χ2v) is 5.31. The van der Waals surface area contributed by atoms with E-state index in [-0.39, 0.29) is 18.4 Å². The van der Waals surface area contributed by atoms with Crippen LogP contribution in [0.1, 0.15) is 30.8 Å². The first-order chi connectivity index (χ1) is 10.1. The number of nitrogens with one attached hydrogen (secondary N) is 2. The molecular weight excluding hydrogens is 268 g/mol. The van der Waals surface area contributed by atoms with Crippen LogP contribution in [0.25, 0.3) is 5.52 Å². The van der Waals surface area contributed by atoms with Crippen molar-refractivity contribution in [3.05, 3.63) is 36.2 Å². The molecule has 21 heavy (non-hydrogen) atoms. The summed E-state index contributed by atoms with van der Waals surface area (Å²) in [5, 5.41) is 9.49. The van der Waals surface area contributed by atoms with E-state index in [1.165, 1.54) is 0 Å². The highest BCUT2D eigenvalue weighted by Gasteiger charge is 2.11. The smallest absolute Gasteiger partial charge is 0.272 e. The Bertz CT molecular complexity index is 600. The molecule has 0 saturated carbocycles. The SMILES string of the molecule is CC(C)CCNC(=O)CNC(=O)c1cc2ccccn2n1. The Balaban J connectivity index is 1.82. The predicted molar refractivity (Wildman–Crippen MR) is 80.0 cm³/mol. The maximum absolute atomic E-state index is 11.9. The molecule has 0 radical (unpaired) electrons. The Morgan fingerprint density at radius 1 is 1.29 bits per heavy atom. The normalized spacial score (nSPS) is 10.8. The number of rotatable bonds is 6. The third kappa shape index (κ3) is 4.30. The number of amides is 2. The molecule has 0 saturated heterocycles. The molecule has 2 aromatic rings. The summed E-state index contributed by atoms with van der Waals surface area (Å²) in [6.45, 7) is 4.78. The molecule has 2 N–H and O–H groups in total. The zero-order valence-electron chi connectivity index (χ0n) is 12.3. The van der Waals surface area contributed by atoms with Crippen LogP contribution >= 0.6 is 0 Å². The summed E-state index contributed by atoms with van der Waals surface area (Å²) in [7, 11) is 0. The quantitative estimate of drug-likeness (QED) is 0.839. The molecule has 2 amide bonds. The van der Waals surface area contributed by atoms with Crippen molar-refractivity contribution in [3.63, 3.8) is 0 Å². The van der Waals surface area contributed by atoms with Crippen molar-refractivity contribution < 1.29 is 9.59 Å². The lowest BCUT2D eigenvalue weighted by molar-refractivity contribution is -0.120. The molecule has 0 bridgehead atoms. The second kappa shape index (κ2) is 6.88. The zero-order chi connectivity index (χ0) is 15.2. The first-order valence-electron chi connectivity index (χ1n) is 7.05. The van der Waals surface area contributed by atoms with Crippen LogP contribution in [0.3, 0.4) is 0 Å². The summed E-state index contributed by atoms with van der Waals surface area (Å²) < 4.78 is 1.62. The maximum atomic E-state index is 11.9. The minimum Gasteiger partial charge on any atom is -0.355 e. The van der Waals surface area contributed by atoms with Crippen LogP contribution in [0, 0.1) is 5.92 Å². The predicted octanol–water partition coefficient (Wildman–Crippen LogP) is 1.23. The maximum Gasteiger partial charge on any atom is 0.272 e. The van der Waals surface area contributed by atoms with Crippen molar-refractivity contribution in [2.75, 3.05) is 13.1 Å². The summed E-state index contributed by atoms with van der Waals surface area (Å²) >= 11 is 0. The van der Waals surface area contributed by atoms with Crippen LogP contribution in [0.2, 0.25) is 0 Å². The molecule has 0 aromatic carbocycles. The molecule has 6 heteroatoms. The van der Waals surface area contributed by atoms with Gasteiger partial charge in [-0.2, -0.15) is 5.10 Å². The molecule has 112 valence electrons. The molecule has 0 unspecified atom stereocenters. The highest BCUT2D eigenvalue weighted by molar-refractivity contribution is 5.95. The van der Waals surface area contributed by atoms with E-state index in [1.54, 1.807) is 16.8 Å². The van der Waals surface area contributed by atoms with Crippen molar-refractivity contribution in [1.29, 1.82) is 0 Å². The van der Waals surface area contributed by atoms with Crippen LogP contribution in [0.5, 0.6) is 0 Å². The number of nitrogens with zero attached hydrogens (tertiary/aromatic N) is 2. The summed E-state index contributed by atoms with van der Waals surface area (Å²) in [5.41, 5.74) is 1.14. The fourth-order valence-corrected chi connectivity index (χ4v) is 1.86. The largest absolute Gasteiger partial charge is 0.355 e. The standard InChI is InChI=1S/C15H20N4O2/c1-11(2)6-7-16-14(20)10-17-15(21)13-9-12-5-3-4-8-19(12)18-13/h3-5,8-9,11H,6-7,10H2,1-2H3,(H,16,20)(H,17,21). The van der Waals surface area contributed by atoms with Gasteiger partial charge in [-0.1, -0.05) is 19.9 Å². The first kappa shape index (κ1) is 15.0. The fourth-order valence-electron chi connectivity index (χ4n) is 1.86. The Morgan fingerprint density at radius 2 is 2.10 bits per heavy atom. The van der Waals surface area contributed by atoms with Crippen LogP contribution in [-0.4, -0.2) is 34.5 Å². The summed E-state index contributed by atoms with van der Waals surface area (Å²) in [4.78, 5) is 23.5. The van der Waals surface area contributed by atoms with Gasteiger partial charge < -0.3 is 10.6 Å². The molecule has 2 heterocycles. The molecule has 0 aliphatic heterocycles. The van der Waals surface area contributed by atoms with Gasteiger partial charge in [0.25, 0.3) is 5.91 Å². The molecule has 2 aromatic heterocycles. The van der Waals surface area contributed by atoms with E-state index in [0.29, 0.717) is 18.2 Å². The van der Waals surface area contributed by atoms with Gasteiger partial charge in [0.2, 0.25) is 5.91 Å². The van der Waals surface area contributed by atoms with E-state index in [2.05, 4.69) is 29.6 Å². The molecule has 0 atom stereocenters. The lowest BCUT2D eigenvalue weighted by Crippen LogP contribution is -2.37. The van der Waals surface area contributed by atoms with E-state index in [4.69, 9.17) is 0 Å². The Labute approximate surface area is 123 Å². The van der Waals surface area contributed by atoms with Gasteiger partial charge in [-0.25, -0.2) is 4.52 Å². The molecule has 0 fully saturated rings. The van der Waals surface area contributed by atoms with E-state index >= 15 is 0 Å². The number of carbonyl (C=O) groups is 2. The van der Waals surface area contributed by atoms with Crippen molar-refractivity contribution in [1.82, 2.24) is 20.2 Å². The van der Waals surface area contributed by atoms with E-state index in [0.717, 1.165) is 11.9 Å². The number of pyridine rings is 1. The summed E-state index contributed by atoms with van der Waals surface area (Å²) in [6, 6.07) is 7.26. The summed E-state index contributed by atoms with van der Waals surface area (Å²) in [5.74, 6) is 0.00309. The topological polar surface area (TPSA) is 75.5 Å². The van der Waals surface area contributed by atoms with Gasteiger partial charge in [0, 0.05) is 12.7 Å². The van der Waals surface area contributed by atoms with Crippen LogP contribution in [-0.2, 0) is 4.79 Å². The van der Waals surface area contributed by atoms with Crippen LogP contribution < -0.4 is 10.6 Å². The van der Waals surface area contributed by atoms with Crippen LogP contribution in [0.15, 0.2) is 30.5 Å². The number of hydrogen-bond donors (Lipinski definition) is 2. The zero-order valence-corrected chi connectivity index (χ0v) is 12.3. The van der Waals surface area contributed by atoms with Crippen molar-refractivity contribution >= 4 is 17.3 Å². The average Bonchev–Trinajstić information content (AvgIpc) is 2.88. The molecule has 0 aliphatic rings. The average molecular weight is 288 g/mol. The Kier molecular flexibility index (Phi) is 4.92. The highest BCUT2D eigenvalue weighted by Crippen LogP contribution is 2.05. The lowest BCUT2D eigenvalue weighted by atomic mass is 10.1. The van der Waals surface area contributed by atoms with Gasteiger partial charge in [0.15, 0.2) is 5.69 Å². The Hall–Kier alpha value is -2.37. The van der Waals surface area contributed by atoms with Gasteiger partial charge in [-0.3, -0.25) is 9.59 Å². The molecule has 6 nitrogen and oxygen atoms in total. The molecule has 0 aliphatic carbocycles. The van der Waals surface area contributed by atoms with Crippen molar-refractivity contribution in [2.24, 2.45) is 5.92 Å². The van der Waals surface area contributed by atoms with Gasteiger partial charge in [0.1, 0.15) is 0 Å². The molecular formula is C15H20N4O2. The summed E-state index contributed by atoms with van der Waals surface area (Å²) in [6.07, 6.45) is 2.69. The minimum atomic E-state index is -0.349. The molecule has 2 rings (SSSR count). The van der Waals surface area contributed by atoms with E-state index in [1.807, 2.05) is 18.2 Å². The third-order valence-corrected chi connectivity index (χ3v) is 3.06. The number of hydrogen-bond acceptors (Lipinski definition) is 3. The van der Waals surface area contributed by atoms with Crippen molar-refractivity contribution in [2.45, 2.75) is 20.3 Å². The minimum absolute atomic E-state index is 0.0369. The Morgan fingerprint density at radius 3 is 2.81 bits per heavy atom. The van der Waals surface area contributed by atoms with Gasteiger partial charge in [0.05, 0.1) is 12.1 Å². The van der Waals surface area contributed by atoms with Gasteiger partial charge >= 0.3 is 0 Å². The first-order valence-corrected chi connectivity index (χ1v) is 7.05. The van der Waals surface area contributed by atoms with Gasteiger partial charge in [-0.05, 0) is 30.5 Å².